The molecular weight excluding hydrogens is 309 g/mol. The van der Waals surface area contributed by atoms with Crippen molar-refractivity contribution >= 4 is 5.91 Å². The number of hydrogen-bond acceptors (Lipinski definition) is 3. The SMILES string of the molecule is Cc1ccc(C(=O)N2CCCC(C(O)c3nccn3C)C2)cc1F. The summed E-state index contributed by atoms with van der Waals surface area (Å²) >= 11 is 0. The summed E-state index contributed by atoms with van der Waals surface area (Å²) in [6.45, 7) is 2.74. The second kappa shape index (κ2) is 6.73. The maximum Gasteiger partial charge on any atom is 0.253 e. The molecule has 2 aromatic rings. The Labute approximate surface area is 140 Å². The summed E-state index contributed by atoms with van der Waals surface area (Å²) in [4.78, 5) is 18.5. The largest absolute Gasteiger partial charge is 0.385 e. The van der Waals surface area contributed by atoms with Gasteiger partial charge in [-0.15, -0.1) is 0 Å². The van der Waals surface area contributed by atoms with Crippen molar-refractivity contribution < 1.29 is 14.3 Å². The van der Waals surface area contributed by atoms with Crippen LogP contribution < -0.4 is 0 Å². The molecule has 1 aromatic carbocycles. The molecule has 2 heterocycles. The first kappa shape index (κ1) is 16.6. The van der Waals surface area contributed by atoms with E-state index in [2.05, 4.69) is 4.98 Å². The topological polar surface area (TPSA) is 58.4 Å². The average molecular weight is 331 g/mol. The molecule has 6 heteroatoms. The number of hydrogen-bond donors (Lipinski definition) is 1. The first-order valence-corrected chi connectivity index (χ1v) is 8.18. The highest BCUT2D eigenvalue weighted by atomic mass is 19.1. The Balaban J connectivity index is 1.74. The van der Waals surface area contributed by atoms with Gasteiger partial charge in [0, 0.05) is 44.0 Å². The number of carbonyl (C=O) groups excluding carboxylic acids is 1. The number of aliphatic hydroxyl groups excluding tert-OH is 1. The number of aromatic nitrogens is 2. The minimum Gasteiger partial charge on any atom is -0.385 e. The lowest BCUT2D eigenvalue weighted by Gasteiger charge is -2.35. The van der Waals surface area contributed by atoms with Crippen LogP contribution in [-0.4, -0.2) is 38.6 Å². The first-order valence-electron chi connectivity index (χ1n) is 8.18. The van der Waals surface area contributed by atoms with E-state index in [1.807, 2.05) is 7.05 Å². The Morgan fingerprint density at radius 3 is 2.92 bits per heavy atom. The molecule has 24 heavy (non-hydrogen) atoms. The van der Waals surface area contributed by atoms with Crippen LogP contribution in [0.15, 0.2) is 30.6 Å². The number of carbonyl (C=O) groups is 1. The Kier molecular flexibility index (Phi) is 4.66. The molecule has 1 N–H and O–H groups in total. The smallest absolute Gasteiger partial charge is 0.253 e. The van der Waals surface area contributed by atoms with Crippen molar-refractivity contribution in [1.82, 2.24) is 14.5 Å². The molecule has 1 fully saturated rings. The average Bonchev–Trinajstić information content (AvgIpc) is 3.02. The lowest BCUT2D eigenvalue weighted by Crippen LogP contribution is -2.42. The lowest BCUT2D eigenvalue weighted by atomic mass is 9.91. The van der Waals surface area contributed by atoms with Crippen molar-refractivity contribution in [2.24, 2.45) is 13.0 Å². The van der Waals surface area contributed by atoms with Crippen molar-refractivity contribution in [1.29, 1.82) is 0 Å². The highest BCUT2D eigenvalue weighted by molar-refractivity contribution is 5.94. The van der Waals surface area contributed by atoms with Gasteiger partial charge < -0.3 is 14.6 Å². The van der Waals surface area contributed by atoms with Crippen LogP contribution in [-0.2, 0) is 7.05 Å². The molecule has 2 atom stereocenters. The van der Waals surface area contributed by atoms with Gasteiger partial charge in [0.05, 0.1) is 0 Å². The number of halogens is 1. The van der Waals surface area contributed by atoms with E-state index in [1.165, 1.54) is 6.07 Å². The molecule has 0 spiro atoms. The lowest BCUT2D eigenvalue weighted by molar-refractivity contribution is 0.0358. The van der Waals surface area contributed by atoms with Gasteiger partial charge in [0.15, 0.2) is 0 Å². The number of amides is 1. The molecule has 0 bridgehead atoms. The number of aliphatic hydroxyl groups is 1. The van der Waals surface area contributed by atoms with Crippen LogP contribution in [0.25, 0.3) is 0 Å². The van der Waals surface area contributed by atoms with E-state index >= 15 is 0 Å². The van der Waals surface area contributed by atoms with Crippen molar-refractivity contribution in [2.75, 3.05) is 13.1 Å². The minimum absolute atomic E-state index is 0.0703. The molecule has 3 rings (SSSR count). The van der Waals surface area contributed by atoms with Gasteiger partial charge in [0.25, 0.3) is 5.91 Å². The van der Waals surface area contributed by atoms with Gasteiger partial charge in [0.2, 0.25) is 0 Å². The number of likely N-dealkylation sites (tertiary alicyclic amines) is 1. The monoisotopic (exact) mass is 331 g/mol. The molecule has 0 radical (unpaired) electrons. The van der Waals surface area contributed by atoms with Crippen LogP contribution >= 0.6 is 0 Å². The van der Waals surface area contributed by atoms with E-state index in [0.29, 0.717) is 30.0 Å². The summed E-state index contributed by atoms with van der Waals surface area (Å²) in [6, 6.07) is 4.56. The molecule has 0 aliphatic carbocycles. The van der Waals surface area contributed by atoms with Crippen LogP contribution in [0.3, 0.4) is 0 Å². The summed E-state index contributed by atoms with van der Waals surface area (Å²) in [5.74, 6) is -0.0251. The summed E-state index contributed by atoms with van der Waals surface area (Å²) in [6.07, 6.45) is 4.38. The van der Waals surface area contributed by atoms with Crippen LogP contribution in [0.4, 0.5) is 4.39 Å². The molecular formula is C18H22FN3O2. The molecule has 1 aromatic heterocycles. The van der Waals surface area contributed by atoms with Gasteiger partial charge in [-0.05, 0) is 37.5 Å². The third kappa shape index (κ3) is 3.19. The Morgan fingerprint density at radius 1 is 1.46 bits per heavy atom. The molecule has 1 aliphatic heterocycles. The van der Waals surface area contributed by atoms with Crippen molar-refractivity contribution in [2.45, 2.75) is 25.9 Å². The van der Waals surface area contributed by atoms with Crippen molar-refractivity contribution in [3.63, 3.8) is 0 Å². The predicted octanol–water partition coefficient (Wildman–Crippen LogP) is 2.45. The minimum atomic E-state index is -0.713. The fraction of sp³-hybridized carbons (Fsp3) is 0.444. The van der Waals surface area contributed by atoms with Gasteiger partial charge in [-0.2, -0.15) is 0 Å². The Hall–Kier alpha value is -2.21. The molecule has 0 saturated carbocycles. The normalized spacial score (nSPS) is 19.3. The summed E-state index contributed by atoms with van der Waals surface area (Å²) in [7, 11) is 1.84. The number of nitrogens with zero attached hydrogens (tertiary/aromatic N) is 3. The van der Waals surface area contributed by atoms with Crippen LogP contribution in [0, 0.1) is 18.7 Å². The maximum atomic E-state index is 13.7. The fourth-order valence-corrected chi connectivity index (χ4v) is 3.23. The van der Waals surface area contributed by atoms with Gasteiger partial charge in [-0.25, -0.2) is 9.37 Å². The molecule has 2 unspecified atom stereocenters. The van der Waals surface area contributed by atoms with Crippen LogP contribution in [0.5, 0.6) is 0 Å². The highest BCUT2D eigenvalue weighted by Crippen LogP contribution is 2.29. The van der Waals surface area contributed by atoms with Crippen molar-refractivity contribution in [3.8, 4) is 0 Å². The highest BCUT2D eigenvalue weighted by Gasteiger charge is 2.31. The zero-order valence-electron chi connectivity index (χ0n) is 13.9. The Bertz CT molecular complexity index is 744. The number of piperidine rings is 1. The number of imidazole rings is 1. The van der Waals surface area contributed by atoms with E-state index in [9.17, 15) is 14.3 Å². The van der Waals surface area contributed by atoms with E-state index in [-0.39, 0.29) is 17.6 Å². The molecule has 1 aliphatic rings. The van der Waals surface area contributed by atoms with Gasteiger partial charge in [-0.3, -0.25) is 4.79 Å². The quantitative estimate of drug-likeness (QED) is 0.940. The summed E-state index contributed by atoms with van der Waals surface area (Å²) in [5.41, 5.74) is 0.874. The number of rotatable bonds is 3. The van der Waals surface area contributed by atoms with E-state index in [0.717, 1.165) is 12.8 Å². The van der Waals surface area contributed by atoms with Crippen LogP contribution in [0.1, 0.15) is 40.7 Å². The van der Waals surface area contributed by atoms with E-state index < -0.39 is 6.10 Å². The summed E-state index contributed by atoms with van der Waals surface area (Å²) < 4.78 is 15.5. The molecule has 128 valence electrons. The third-order valence-electron chi connectivity index (χ3n) is 4.73. The number of aryl methyl sites for hydroxylation is 2. The maximum absolute atomic E-state index is 13.7. The predicted molar refractivity (Wildman–Crippen MR) is 87.9 cm³/mol. The van der Waals surface area contributed by atoms with Gasteiger partial charge >= 0.3 is 0 Å². The standard InChI is InChI=1S/C18H22FN3O2/c1-12-5-6-13(10-15(12)19)18(24)22-8-3-4-14(11-22)16(23)17-20-7-9-21(17)2/h5-7,9-10,14,16,23H,3-4,8,11H2,1-2H3. The van der Waals surface area contributed by atoms with E-state index in [1.54, 1.807) is 40.9 Å². The molecule has 1 saturated heterocycles. The summed E-state index contributed by atoms with van der Waals surface area (Å²) in [5, 5.41) is 10.6. The second-order valence-corrected chi connectivity index (χ2v) is 6.46. The zero-order valence-corrected chi connectivity index (χ0v) is 13.9. The van der Waals surface area contributed by atoms with Crippen molar-refractivity contribution in [3.05, 3.63) is 53.4 Å². The second-order valence-electron chi connectivity index (χ2n) is 6.46. The number of benzene rings is 1. The fourth-order valence-electron chi connectivity index (χ4n) is 3.23. The molecule has 5 nitrogen and oxygen atoms in total. The Morgan fingerprint density at radius 2 is 2.25 bits per heavy atom. The van der Waals surface area contributed by atoms with Gasteiger partial charge in [0.1, 0.15) is 17.7 Å². The third-order valence-corrected chi connectivity index (χ3v) is 4.73. The first-order chi connectivity index (χ1) is 11.5. The molecule has 1 amide bonds. The zero-order chi connectivity index (χ0) is 17.3. The van der Waals surface area contributed by atoms with E-state index in [4.69, 9.17) is 0 Å². The van der Waals surface area contributed by atoms with Gasteiger partial charge in [-0.1, -0.05) is 6.07 Å². The van der Waals surface area contributed by atoms with Crippen LogP contribution in [0.2, 0.25) is 0 Å².